The molecule has 10 heavy (non-hydrogen) atoms. The molecule has 0 saturated heterocycles. The van der Waals surface area contributed by atoms with Crippen LogP contribution < -0.4 is 0 Å². The number of hydrogen-bond donors (Lipinski definition) is 0. The van der Waals surface area contributed by atoms with E-state index in [1.807, 2.05) is 0 Å². The topological polar surface area (TPSA) is 0 Å². The zero-order valence-electron chi connectivity index (χ0n) is 5.90. The van der Waals surface area contributed by atoms with Crippen LogP contribution >= 0.6 is 0 Å². The van der Waals surface area contributed by atoms with Gasteiger partial charge in [0, 0.05) is 0 Å². The summed E-state index contributed by atoms with van der Waals surface area (Å²) < 4.78 is 0. The lowest BCUT2D eigenvalue weighted by Crippen LogP contribution is -2.12. The van der Waals surface area contributed by atoms with Crippen LogP contribution in [0.15, 0.2) is 24.3 Å². The van der Waals surface area contributed by atoms with Gasteiger partial charge in [0.2, 0.25) is 0 Å². The predicted molar refractivity (Wildman–Crippen MR) is 41.2 cm³/mol. The third kappa shape index (κ3) is 0.448. The zero-order valence-corrected chi connectivity index (χ0v) is 5.90. The molecule has 4 atom stereocenters. The van der Waals surface area contributed by atoms with Crippen molar-refractivity contribution in [1.82, 2.24) is 0 Å². The molecule has 0 nitrogen and oxygen atoms in total. The van der Waals surface area contributed by atoms with E-state index in [9.17, 15) is 0 Å². The minimum Gasteiger partial charge on any atom is -0.0848 e. The molecule has 0 amide bonds. The molecule has 4 unspecified atom stereocenters. The van der Waals surface area contributed by atoms with Crippen molar-refractivity contribution in [2.45, 2.75) is 6.42 Å². The van der Waals surface area contributed by atoms with E-state index in [1.165, 1.54) is 6.42 Å². The molecular formula is C10H11. The highest BCUT2D eigenvalue weighted by atomic mass is 14.5. The summed E-state index contributed by atoms with van der Waals surface area (Å²) in [6.45, 7) is 0. The summed E-state index contributed by atoms with van der Waals surface area (Å²) in [5.74, 6) is 3.56. The average Bonchev–Trinajstić information content (AvgIpc) is 2.60. The van der Waals surface area contributed by atoms with Gasteiger partial charge in [-0.25, -0.2) is 0 Å². The van der Waals surface area contributed by atoms with Gasteiger partial charge in [-0.05, 0) is 36.5 Å². The number of fused-ring (bicyclic) bond motifs is 5. The molecule has 0 heteroatoms. The molecule has 0 N–H and O–H groups in total. The monoisotopic (exact) mass is 131 g/mol. The summed E-state index contributed by atoms with van der Waals surface area (Å²) in [6, 6.07) is 0. The van der Waals surface area contributed by atoms with Gasteiger partial charge in [-0.1, -0.05) is 24.3 Å². The van der Waals surface area contributed by atoms with Gasteiger partial charge in [-0.15, -0.1) is 0 Å². The van der Waals surface area contributed by atoms with Crippen molar-refractivity contribution in [3.05, 3.63) is 30.7 Å². The molecule has 0 aliphatic heterocycles. The van der Waals surface area contributed by atoms with Crippen LogP contribution in [-0.4, -0.2) is 0 Å². The van der Waals surface area contributed by atoms with Gasteiger partial charge in [0.1, 0.15) is 0 Å². The fourth-order valence-corrected chi connectivity index (χ4v) is 2.76. The Morgan fingerprint density at radius 3 is 2.50 bits per heavy atom. The van der Waals surface area contributed by atoms with Gasteiger partial charge in [0.25, 0.3) is 0 Å². The van der Waals surface area contributed by atoms with Crippen LogP contribution in [0.3, 0.4) is 0 Å². The van der Waals surface area contributed by atoms with Crippen LogP contribution in [0.4, 0.5) is 0 Å². The third-order valence-corrected chi connectivity index (χ3v) is 3.25. The Morgan fingerprint density at radius 2 is 1.70 bits per heavy atom. The highest BCUT2D eigenvalue weighted by Gasteiger charge is 2.44. The highest BCUT2D eigenvalue weighted by molar-refractivity contribution is 5.27. The Labute approximate surface area is 61.6 Å². The fraction of sp³-hybridized carbons (Fsp3) is 0.500. The molecule has 1 saturated carbocycles. The first-order chi connectivity index (χ1) is 4.95. The molecule has 3 rings (SSSR count). The minimum absolute atomic E-state index is 0.884. The molecule has 1 radical (unpaired) electrons. The van der Waals surface area contributed by atoms with Gasteiger partial charge < -0.3 is 0 Å². The van der Waals surface area contributed by atoms with Crippen molar-refractivity contribution in [1.29, 1.82) is 0 Å². The lowest BCUT2D eigenvalue weighted by atomic mass is 9.86. The van der Waals surface area contributed by atoms with E-state index in [0.717, 1.165) is 23.7 Å². The molecule has 0 heterocycles. The Kier molecular flexibility index (Phi) is 0.803. The van der Waals surface area contributed by atoms with Crippen molar-refractivity contribution in [3.63, 3.8) is 0 Å². The maximum Gasteiger partial charge on any atom is -0.0128 e. The fourth-order valence-electron chi connectivity index (χ4n) is 2.76. The van der Waals surface area contributed by atoms with Crippen molar-refractivity contribution in [3.8, 4) is 0 Å². The second-order valence-corrected chi connectivity index (χ2v) is 3.68. The van der Waals surface area contributed by atoms with Crippen molar-refractivity contribution < 1.29 is 0 Å². The van der Waals surface area contributed by atoms with Crippen molar-refractivity contribution >= 4 is 0 Å². The van der Waals surface area contributed by atoms with Gasteiger partial charge in [-0.3, -0.25) is 0 Å². The van der Waals surface area contributed by atoms with Crippen molar-refractivity contribution in [2.75, 3.05) is 0 Å². The van der Waals surface area contributed by atoms with Gasteiger partial charge in [0.05, 0.1) is 0 Å². The van der Waals surface area contributed by atoms with Crippen LogP contribution in [0.1, 0.15) is 6.42 Å². The first-order valence-electron chi connectivity index (χ1n) is 4.15. The lowest BCUT2D eigenvalue weighted by Gasteiger charge is -2.18. The average molecular weight is 131 g/mol. The molecule has 0 aromatic carbocycles. The highest BCUT2D eigenvalue weighted by Crippen LogP contribution is 2.52. The smallest absolute Gasteiger partial charge is 0.0128 e. The summed E-state index contributed by atoms with van der Waals surface area (Å²) in [5, 5.41) is 0. The molecule has 3 aliphatic rings. The van der Waals surface area contributed by atoms with Crippen LogP contribution in [-0.2, 0) is 0 Å². The summed E-state index contributed by atoms with van der Waals surface area (Å²) in [5.41, 5.74) is 0. The summed E-state index contributed by atoms with van der Waals surface area (Å²) in [6.07, 6.45) is 13.3. The van der Waals surface area contributed by atoms with Crippen LogP contribution in [0.5, 0.6) is 0 Å². The first-order valence-corrected chi connectivity index (χ1v) is 4.15. The predicted octanol–water partition coefficient (Wildman–Crippen LogP) is 2.20. The molecular weight excluding hydrogens is 120 g/mol. The van der Waals surface area contributed by atoms with E-state index in [-0.39, 0.29) is 0 Å². The second kappa shape index (κ2) is 1.55. The zero-order chi connectivity index (χ0) is 6.55. The van der Waals surface area contributed by atoms with Crippen molar-refractivity contribution in [2.24, 2.45) is 23.7 Å². The van der Waals surface area contributed by atoms with E-state index in [1.54, 1.807) is 0 Å². The van der Waals surface area contributed by atoms with E-state index < -0.39 is 0 Å². The number of rotatable bonds is 0. The largest absolute Gasteiger partial charge is 0.0848 e. The molecule has 0 aromatic rings. The molecule has 0 aromatic heterocycles. The molecule has 0 spiro atoms. The SMILES string of the molecule is [CH]1C=CC2C3C=CC(C3)C12. The Hall–Kier alpha value is -0.520. The summed E-state index contributed by atoms with van der Waals surface area (Å²) in [4.78, 5) is 0. The van der Waals surface area contributed by atoms with Crippen LogP contribution in [0.2, 0.25) is 0 Å². The number of allylic oxidation sites excluding steroid dienone is 4. The maximum absolute atomic E-state index is 2.41. The quantitative estimate of drug-likeness (QED) is 0.442. The Morgan fingerprint density at radius 1 is 0.900 bits per heavy atom. The first kappa shape index (κ1) is 5.17. The summed E-state index contributed by atoms with van der Waals surface area (Å²) in [7, 11) is 0. The third-order valence-electron chi connectivity index (χ3n) is 3.25. The second-order valence-electron chi connectivity index (χ2n) is 3.68. The van der Waals surface area contributed by atoms with E-state index in [4.69, 9.17) is 0 Å². The van der Waals surface area contributed by atoms with E-state index in [0.29, 0.717) is 0 Å². The van der Waals surface area contributed by atoms with Gasteiger partial charge in [0.15, 0.2) is 0 Å². The van der Waals surface area contributed by atoms with Gasteiger partial charge >= 0.3 is 0 Å². The standard InChI is InChI=1S/C10H11/c1-2-9-7-4-5-8(6-7)10(9)3-1/h1-5,7-10H,6H2. The Balaban J connectivity index is 2.04. The molecule has 3 aliphatic carbocycles. The number of hydrogen-bond acceptors (Lipinski definition) is 0. The molecule has 51 valence electrons. The van der Waals surface area contributed by atoms with E-state index >= 15 is 0 Å². The maximum atomic E-state index is 2.41. The van der Waals surface area contributed by atoms with Crippen LogP contribution in [0.25, 0.3) is 0 Å². The normalized spacial score (nSPS) is 54.4. The van der Waals surface area contributed by atoms with Gasteiger partial charge in [-0.2, -0.15) is 0 Å². The lowest BCUT2D eigenvalue weighted by molar-refractivity contribution is 0.448. The molecule has 2 bridgehead atoms. The summed E-state index contributed by atoms with van der Waals surface area (Å²) >= 11 is 0. The molecule has 1 fully saturated rings. The minimum atomic E-state index is 0.884. The van der Waals surface area contributed by atoms with E-state index in [2.05, 4.69) is 30.7 Å². The Bertz CT molecular complexity index is 212. The van der Waals surface area contributed by atoms with Crippen LogP contribution in [0, 0.1) is 30.1 Å².